The summed E-state index contributed by atoms with van der Waals surface area (Å²) < 4.78 is 11.9. The number of ketones is 2. The minimum absolute atomic E-state index is 0.0506. The van der Waals surface area contributed by atoms with Crippen molar-refractivity contribution < 1.29 is 52.9 Å². The van der Waals surface area contributed by atoms with Crippen molar-refractivity contribution >= 4 is 58.8 Å². The monoisotopic (exact) mass is 957 g/mol. The number of Topliss-reactive ketones (excluding diaryl/α,β-unsaturated/α-hetero) is 2. The number of unbranched alkanes of at least 4 members (excludes halogenated alkanes) is 2. The van der Waals surface area contributed by atoms with Gasteiger partial charge in [-0.05, 0) is 61.7 Å². The Morgan fingerprint density at radius 2 is 1.48 bits per heavy atom. The maximum Gasteiger partial charge on any atom is 0.307 e. The van der Waals surface area contributed by atoms with Gasteiger partial charge in [-0.15, -0.1) is 0 Å². The van der Waals surface area contributed by atoms with E-state index in [0.29, 0.717) is 45.2 Å². The van der Waals surface area contributed by atoms with E-state index in [2.05, 4.69) is 0 Å². The number of rotatable bonds is 29. The number of thioether (sulfide) groups is 1. The Morgan fingerprint density at radius 1 is 0.821 bits per heavy atom. The molecular weight excluding hydrogens is 877 g/mol. The van der Waals surface area contributed by atoms with Crippen molar-refractivity contribution in [2.24, 2.45) is 35.5 Å². The number of methoxy groups -OCH3 is 2. The van der Waals surface area contributed by atoms with Crippen LogP contribution in [0.25, 0.3) is 0 Å². The molecular formula is C51H80N4O11S. The third-order valence-electron chi connectivity index (χ3n) is 14.0. The van der Waals surface area contributed by atoms with E-state index in [4.69, 9.17) is 9.47 Å². The molecule has 15 nitrogen and oxygen atoms in total. The Balaban J connectivity index is 1.67. The Labute approximate surface area is 403 Å². The van der Waals surface area contributed by atoms with E-state index in [1.807, 2.05) is 78.1 Å². The summed E-state index contributed by atoms with van der Waals surface area (Å²) in [5, 5.41) is 9.67. The molecule has 2 aliphatic heterocycles. The Kier molecular flexibility index (Phi) is 23.2. The minimum Gasteiger partial charge on any atom is -0.481 e. The van der Waals surface area contributed by atoms with Crippen molar-refractivity contribution in [3.8, 4) is 0 Å². The number of likely N-dealkylation sites (tertiary alicyclic amines) is 2. The Morgan fingerprint density at radius 3 is 2.01 bits per heavy atom. The van der Waals surface area contributed by atoms with Gasteiger partial charge in [0.25, 0.3) is 0 Å². The van der Waals surface area contributed by atoms with Gasteiger partial charge < -0.3 is 29.3 Å². The number of carbonyl (C=O) groups excluding carboxylic acids is 7. The van der Waals surface area contributed by atoms with Crippen LogP contribution >= 0.6 is 11.8 Å². The number of benzene rings is 1. The Bertz CT molecular complexity index is 1840. The molecule has 2 aliphatic rings. The van der Waals surface area contributed by atoms with Crippen LogP contribution < -0.4 is 0 Å². The second-order valence-corrected chi connectivity index (χ2v) is 20.7. The molecule has 376 valence electrons. The molecule has 0 aliphatic carbocycles. The zero-order chi connectivity index (χ0) is 50.3. The molecule has 67 heavy (non-hydrogen) atoms. The van der Waals surface area contributed by atoms with Crippen molar-refractivity contribution in [1.29, 1.82) is 0 Å². The first-order chi connectivity index (χ1) is 31.6. The van der Waals surface area contributed by atoms with Gasteiger partial charge in [0.2, 0.25) is 29.5 Å². The Hall–Kier alpha value is -4.15. The van der Waals surface area contributed by atoms with Crippen molar-refractivity contribution in [1.82, 2.24) is 19.6 Å². The fourth-order valence-electron chi connectivity index (χ4n) is 10.2. The number of amides is 5. The molecule has 1 N–H and O–H groups in total. The number of carboxylic acid groups (broad SMARTS) is 1. The van der Waals surface area contributed by atoms with E-state index in [1.54, 1.807) is 30.8 Å². The SMILES string of the molecule is CO[C@H]([C@@H](C)C(=O)C[C@@H](Cc1ccccc1)C(=O)O)[C@@H]1CCCN1C(=O)C[C@@H](OC)[C@H](C(C)C)N(C)C(=O)[C@@H](CC(=O)[C@H](C(C)C)N(C)C(=O)CCCCCN1C(=O)CC(SC)C1=O)C(C)C. The molecule has 0 aromatic heterocycles. The van der Waals surface area contributed by atoms with Gasteiger partial charge >= 0.3 is 5.97 Å². The molecule has 2 fully saturated rings. The van der Waals surface area contributed by atoms with Crippen LogP contribution in [0.1, 0.15) is 118 Å². The highest BCUT2D eigenvalue weighted by molar-refractivity contribution is 8.00. The van der Waals surface area contributed by atoms with E-state index < -0.39 is 54.1 Å². The zero-order valence-corrected chi connectivity index (χ0v) is 43.1. The molecule has 2 heterocycles. The molecule has 0 bridgehead atoms. The maximum absolute atomic E-state index is 14.5. The number of likely N-dealkylation sites (N-methyl/N-ethyl adjacent to an activating group) is 2. The summed E-state index contributed by atoms with van der Waals surface area (Å²) in [5.41, 5.74) is 0.828. The molecule has 1 aromatic rings. The topological polar surface area (TPSA) is 188 Å². The van der Waals surface area contributed by atoms with E-state index in [9.17, 15) is 43.5 Å². The van der Waals surface area contributed by atoms with Gasteiger partial charge in [-0.25, -0.2) is 0 Å². The summed E-state index contributed by atoms with van der Waals surface area (Å²) in [6.45, 7) is 14.0. The summed E-state index contributed by atoms with van der Waals surface area (Å²) in [6.07, 6.45) is 3.85. The lowest BCUT2D eigenvalue weighted by atomic mass is 9.84. The highest BCUT2D eigenvalue weighted by Crippen LogP contribution is 2.32. The number of carbonyl (C=O) groups is 8. The number of aliphatic carboxylic acids is 1. The van der Waals surface area contributed by atoms with Crippen LogP contribution in [0.3, 0.4) is 0 Å². The van der Waals surface area contributed by atoms with Crippen molar-refractivity contribution in [3.63, 3.8) is 0 Å². The normalized spacial score (nSPS) is 19.6. The van der Waals surface area contributed by atoms with Crippen LogP contribution in [-0.4, -0.2) is 155 Å². The molecule has 0 radical (unpaired) electrons. The number of ether oxygens (including phenoxy) is 2. The summed E-state index contributed by atoms with van der Waals surface area (Å²) in [5.74, 6) is -5.37. The molecule has 16 heteroatoms. The molecule has 2 saturated heterocycles. The van der Waals surface area contributed by atoms with Crippen LogP contribution in [-0.2, 0) is 54.3 Å². The predicted octanol–water partition coefficient (Wildman–Crippen LogP) is 6.18. The largest absolute Gasteiger partial charge is 0.481 e. The van der Waals surface area contributed by atoms with Crippen molar-refractivity contribution in [3.05, 3.63) is 35.9 Å². The second-order valence-electron chi connectivity index (χ2n) is 19.7. The summed E-state index contributed by atoms with van der Waals surface area (Å²) >= 11 is 1.38. The third kappa shape index (κ3) is 15.4. The molecule has 0 spiro atoms. The van der Waals surface area contributed by atoms with E-state index in [0.717, 1.165) is 5.56 Å². The third-order valence-corrected chi connectivity index (χ3v) is 14.9. The first-order valence-corrected chi connectivity index (χ1v) is 25.5. The van der Waals surface area contributed by atoms with Crippen LogP contribution in [0.15, 0.2) is 30.3 Å². The van der Waals surface area contributed by atoms with Gasteiger partial charge in [-0.2, -0.15) is 11.8 Å². The maximum atomic E-state index is 14.5. The molecule has 5 amide bonds. The van der Waals surface area contributed by atoms with E-state index in [1.165, 1.54) is 35.8 Å². The second kappa shape index (κ2) is 27.1. The highest BCUT2D eigenvalue weighted by Gasteiger charge is 2.44. The predicted molar refractivity (Wildman–Crippen MR) is 259 cm³/mol. The van der Waals surface area contributed by atoms with Gasteiger partial charge in [0.05, 0.1) is 47.9 Å². The van der Waals surface area contributed by atoms with Gasteiger partial charge in [0.1, 0.15) is 5.78 Å². The van der Waals surface area contributed by atoms with Gasteiger partial charge in [0.15, 0.2) is 5.78 Å². The van der Waals surface area contributed by atoms with Crippen LogP contribution in [0, 0.1) is 35.5 Å². The number of imide groups is 1. The standard InChI is InChI=1S/C51H80N4O11S/c1-31(2)37(28-40(57)46(32(3)4)52(8)43(58)23-17-14-18-24-55-45(60)30-42(67-12)50(55)62)49(61)53(9)47(33(5)6)41(65-10)29-44(59)54-25-19-22-38(54)48(66-11)34(7)39(56)27-36(51(63)64)26-35-20-15-13-16-21-35/h13,15-16,20-21,31-34,36-38,41-42,46-48H,14,17-19,22-30H2,1-12H3,(H,63,64)/t34-,36+,37-,38-,41+,42?,46-,47-,48+/m0/s1. The average molecular weight is 957 g/mol. The molecule has 1 aromatic carbocycles. The fraction of sp³-hybridized carbons (Fsp3) is 0.725. The van der Waals surface area contributed by atoms with Crippen molar-refractivity contribution in [2.75, 3.05) is 47.7 Å². The van der Waals surface area contributed by atoms with E-state index in [-0.39, 0.29) is 103 Å². The van der Waals surface area contributed by atoms with Crippen molar-refractivity contribution in [2.45, 2.75) is 155 Å². The van der Waals surface area contributed by atoms with Crippen LogP contribution in [0.5, 0.6) is 0 Å². The van der Waals surface area contributed by atoms with Crippen LogP contribution in [0.4, 0.5) is 0 Å². The molecule has 1 unspecified atom stereocenters. The first-order valence-electron chi connectivity index (χ1n) is 24.2. The fourth-order valence-corrected chi connectivity index (χ4v) is 10.8. The van der Waals surface area contributed by atoms with Gasteiger partial charge in [0, 0.05) is 78.9 Å². The smallest absolute Gasteiger partial charge is 0.307 e. The zero-order valence-electron chi connectivity index (χ0n) is 42.2. The molecule has 3 rings (SSSR count). The molecule has 9 atom stereocenters. The molecule has 0 saturated carbocycles. The number of hydrogen-bond acceptors (Lipinski definition) is 11. The lowest BCUT2D eigenvalue weighted by molar-refractivity contribution is -0.149. The lowest BCUT2D eigenvalue weighted by Crippen LogP contribution is -2.54. The number of hydrogen-bond donors (Lipinski definition) is 1. The van der Waals surface area contributed by atoms with Crippen LogP contribution in [0.2, 0.25) is 0 Å². The van der Waals surface area contributed by atoms with Gasteiger partial charge in [-0.3, -0.25) is 43.3 Å². The lowest BCUT2D eigenvalue weighted by Gasteiger charge is -2.40. The van der Waals surface area contributed by atoms with Gasteiger partial charge in [-0.1, -0.05) is 85.2 Å². The average Bonchev–Trinajstić information content (AvgIpc) is 3.87. The minimum atomic E-state index is -1.05. The number of nitrogens with zero attached hydrogens (tertiary/aromatic N) is 4. The number of carboxylic acids is 1. The first kappa shape index (κ1) is 57.2. The quantitative estimate of drug-likeness (QED) is 0.0711. The summed E-state index contributed by atoms with van der Waals surface area (Å²) in [4.78, 5) is 113. The highest BCUT2D eigenvalue weighted by atomic mass is 32.2. The van der Waals surface area contributed by atoms with E-state index >= 15 is 0 Å². The summed E-state index contributed by atoms with van der Waals surface area (Å²) in [7, 11) is 6.33. The summed E-state index contributed by atoms with van der Waals surface area (Å²) in [6, 6.07) is 7.47.